The Morgan fingerprint density at radius 2 is 1.25 bits per heavy atom. The van der Waals surface area contributed by atoms with Gasteiger partial charge in [-0.15, -0.1) is 0 Å². The molecule has 16 heavy (non-hydrogen) atoms. The second-order valence-electron chi connectivity index (χ2n) is 3.88. The maximum atomic E-state index is 3.05. The van der Waals surface area contributed by atoms with Crippen molar-refractivity contribution in [3.63, 3.8) is 0 Å². The molecular weight excluding hydrogens is 308 g/mol. The molecule has 0 heterocycles. The first-order valence-electron chi connectivity index (χ1n) is 5.52. The molecule has 81 valence electrons. The van der Waals surface area contributed by atoms with Gasteiger partial charge in [-0.2, -0.15) is 0 Å². The molecule has 0 amide bonds. The van der Waals surface area contributed by atoms with Gasteiger partial charge in [0.25, 0.3) is 0 Å². The van der Waals surface area contributed by atoms with Gasteiger partial charge in [0.2, 0.25) is 0 Å². The zero-order valence-electron chi connectivity index (χ0n) is 9.19. The van der Waals surface area contributed by atoms with Gasteiger partial charge in [0, 0.05) is 0 Å². The number of aryl methyl sites for hydroxylation is 2. The molecule has 0 unspecified atom stereocenters. The van der Waals surface area contributed by atoms with Crippen molar-refractivity contribution in [1.82, 2.24) is 0 Å². The van der Waals surface area contributed by atoms with Crippen LogP contribution in [0.1, 0.15) is 16.7 Å². The van der Waals surface area contributed by atoms with Gasteiger partial charge < -0.3 is 0 Å². The molecule has 0 aromatic heterocycles. The van der Waals surface area contributed by atoms with Crippen LogP contribution in [-0.2, 0) is 17.3 Å². The summed E-state index contributed by atoms with van der Waals surface area (Å²) >= 11 is 1.85. The van der Waals surface area contributed by atoms with E-state index in [4.69, 9.17) is 0 Å². The number of hydrogen-bond donors (Lipinski definition) is 0. The molecule has 2 aromatic carbocycles. The molecule has 0 aliphatic rings. The molecule has 0 spiro atoms. The summed E-state index contributed by atoms with van der Waals surface area (Å²) in [6, 6.07) is 20.3. The van der Waals surface area contributed by atoms with E-state index in [0.29, 0.717) is 0 Å². The van der Waals surface area contributed by atoms with E-state index in [1.54, 1.807) is 0 Å². The van der Waals surface area contributed by atoms with E-state index in [2.05, 4.69) is 42.5 Å². The predicted molar refractivity (Wildman–Crippen MR) is 70.0 cm³/mol. The van der Waals surface area contributed by atoms with Gasteiger partial charge in [0.1, 0.15) is 0 Å². The van der Waals surface area contributed by atoms with E-state index in [0.717, 1.165) is 12.8 Å². The van der Waals surface area contributed by atoms with Crippen LogP contribution in [0, 0.1) is 6.07 Å². The van der Waals surface area contributed by atoms with Crippen LogP contribution >= 0.6 is 0 Å². The molecular formula is C15H15Te. The van der Waals surface area contributed by atoms with Crippen LogP contribution in [0.15, 0.2) is 48.5 Å². The van der Waals surface area contributed by atoms with Crippen molar-refractivity contribution in [1.29, 1.82) is 0 Å². The van der Waals surface area contributed by atoms with E-state index in [1.165, 1.54) is 21.2 Å². The number of rotatable bonds is 4. The molecule has 2 rings (SSSR count). The van der Waals surface area contributed by atoms with Crippen LogP contribution < -0.4 is 0 Å². The van der Waals surface area contributed by atoms with Gasteiger partial charge >= 0.3 is 111 Å². The Bertz CT molecular complexity index is 417. The van der Waals surface area contributed by atoms with Gasteiger partial charge in [0.05, 0.1) is 0 Å². The molecule has 0 atom stereocenters. The van der Waals surface area contributed by atoms with Crippen LogP contribution in [0.25, 0.3) is 0 Å². The van der Waals surface area contributed by atoms with E-state index < -0.39 is 0 Å². The third kappa shape index (κ3) is 3.37. The fourth-order valence-corrected chi connectivity index (χ4v) is 2.29. The van der Waals surface area contributed by atoms with Crippen molar-refractivity contribution < 1.29 is 0 Å². The molecule has 1 radical (unpaired) electrons. The van der Waals surface area contributed by atoms with Crippen molar-refractivity contribution in [3.05, 3.63) is 71.3 Å². The average molecular weight is 323 g/mol. The Morgan fingerprint density at radius 3 is 1.81 bits per heavy atom. The standard InChI is InChI=1S/C15H15Te/c16-12-15-10-8-14(9-11-15)7-6-13-4-2-1-3-5-13/h2-5,8-11,16H,6-7,12H2. The van der Waals surface area contributed by atoms with Gasteiger partial charge in [-0.25, -0.2) is 0 Å². The third-order valence-corrected chi connectivity index (χ3v) is 3.74. The maximum absolute atomic E-state index is 3.05. The predicted octanol–water partition coefficient (Wildman–Crippen LogP) is 2.67. The zero-order chi connectivity index (χ0) is 11.2. The van der Waals surface area contributed by atoms with Crippen LogP contribution in [0.5, 0.6) is 0 Å². The minimum absolute atomic E-state index is 1.11. The normalized spacial score (nSPS) is 10.3. The van der Waals surface area contributed by atoms with Gasteiger partial charge in [0.15, 0.2) is 0 Å². The quantitative estimate of drug-likeness (QED) is 0.759. The van der Waals surface area contributed by atoms with E-state index >= 15 is 0 Å². The van der Waals surface area contributed by atoms with E-state index in [1.807, 2.05) is 34.4 Å². The SMILES string of the molecule is [TeH]Cc1ccc(CCc2cc[c]cc2)cc1. The van der Waals surface area contributed by atoms with Crippen LogP contribution in [-0.4, -0.2) is 22.3 Å². The topological polar surface area (TPSA) is 0 Å². The number of benzene rings is 2. The Morgan fingerprint density at radius 1 is 0.750 bits per heavy atom. The fraction of sp³-hybridized carbons (Fsp3) is 0.200. The first kappa shape index (κ1) is 11.7. The summed E-state index contributed by atoms with van der Waals surface area (Å²) in [5, 5.41) is 0. The first-order chi connectivity index (χ1) is 7.88. The Balaban J connectivity index is 1.94. The molecule has 2 aromatic rings. The molecule has 0 N–H and O–H groups in total. The molecule has 0 bridgehead atoms. The minimum atomic E-state index is 1.11. The van der Waals surface area contributed by atoms with Crippen molar-refractivity contribution in [2.75, 3.05) is 0 Å². The van der Waals surface area contributed by atoms with Crippen LogP contribution in [0.3, 0.4) is 0 Å². The summed E-state index contributed by atoms with van der Waals surface area (Å²) in [6.45, 7) is 0. The number of hydrogen-bond acceptors (Lipinski definition) is 0. The van der Waals surface area contributed by atoms with Crippen molar-refractivity contribution in [3.8, 4) is 0 Å². The molecule has 0 aliphatic carbocycles. The van der Waals surface area contributed by atoms with Crippen molar-refractivity contribution in [2.45, 2.75) is 17.3 Å². The summed E-state index contributed by atoms with van der Waals surface area (Å²) < 4.78 is 1.17. The fourth-order valence-electron chi connectivity index (χ4n) is 1.69. The Kier molecular flexibility index (Phi) is 4.45. The molecule has 1 heteroatoms. The summed E-state index contributed by atoms with van der Waals surface area (Å²) in [5.74, 6) is 0. The van der Waals surface area contributed by atoms with Gasteiger partial charge in [-0.3, -0.25) is 0 Å². The summed E-state index contributed by atoms with van der Waals surface area (Å²) in [5.41, 5.74) is 4.25. The molecule has 0 aliphatic heterocycles. The van der Waals surface area contributed by atoms with E-state index in [9.17, 15) is 0 Å². The second-order valence-corrected chi connectivity index (χ2v) is 4.79. The molecule has 0 nitrogen and oxygen atoms in total. The van der Waals surface area contributed by atoms with Crippen LogP contribution in [0.4, 0.5) is 0 Å². The summed E-state index contributed by atoms with van der Waals surface area (Å²) in [4.78, 5) is 0. The van der Waals surface area contributed by atoms with Crippen molar-refractivity contribution >= 4 is 22.3 Å². The molecule has 0 fully saturated rings. The zero-order valence-corrected chi connectivity index (χ0v) is 11.7. The summed E-state index contributed by atoms with van der Waals surface area (Å²) in [7, 11) is 0. The van der Waals surface area contributed by atoms with Gasteiger partial charge in [-0.1, -0.05) is 0 Å². The van der Waals surface area contributed by atoms with E-state index in [-0.39, 0.29) is 0 Å². The summed E-state index contributed by atoms with van der Waals surface area (Å²) in [6.07, 6.45) is 2.24. The van der Waals surface area contributed by atoms with Crippen LogP contribution in [0.2, 0.25) is 0 Å². The van der Waals surface area contributed by atoms with Crippen molar-refractivity contribution in [2.24, 2.45) is 0 Å². The Hall–Kier alpha value is -0.770. The molecule has 0 saturated carbocycles. The third-order valence-electron chi connectivity index (χ3n) is 2.70. The first-order valence-corrected chi connectivity index (χ1v) is 7.32. The Labute approximate surface area is 111 Å². The second kappa shape index (κ2) is 6.09. The molecule has 0 saturated heterocycles. The average Bonchev–Trinajstić information content (AvgIpc) is 2.38. The van der Waals surface area contributed by atoms with Gasteiger partial charge in [-0.05, 0) is 0 Å². The monoisotopic (exact) mass is 325 g/mol.